The molecule has 0 radical (unpaired) electrons. The fourth-order valence-corrected chi connectivity index (χ4v) is 5.38. The number of fused-ring (bicyclic) bond motifs is 1. The van der Waals surface area contributed by atoms with Gasteiger partial charge in [-0.15, -0.1) is 0 Å². The van der Waals surface area contributed by atoms with Gasteiger partial charge in [0, 0.05) is 32.6 Å². The Morgan fingerprint density at radius 3 is 2.44 bits per heavy atom. The summed E-state index contributed by atoms with van der Waals surface area (Å²) in [4.78, 5) is 69.0. The van der Waals surface area contributed by atoms with Gasteiger partial charge in [0.15, 0.2) is 0 Å². The van der Waals surface area contributed by atoms with Gasteiger partial charge in [0.1, 0.15) is 23.8 Å². The molecule has 11 heteroatoms. The van der Waals surface area contributed by atoms with Gasteiger partial charge < -0.3 is 26.6 Å². The molecule has 1 fully saturated rings. The molecule has 0 saturated carbocycles. The molecular formula is C32H38N6O5. The van der Waals surface area contributed by atoms with Crippen LogP contribution in [0, 0.1) is 0 Å². The van der Waals surface area contributed by atoms with Gasteiger partial charge >= 0.3 is 0 Å². The van der Waals surface area contributed by atoms with Crippen LogP contribution in [0.2, 0.25) is 0 Å². The number of hydrogen-bond acceptors (Lipinski definition) is 6. The lowest BCUT2D eigenvalue weighted by molar-refractivity contribution is -0.141. The number of unbranched alkanes of at least 4 members (excludes halogenated alkanes) is 1. The zero-order valence-electron chi connectivity index (χ0n) is 24.3. The van der Waals surface area contributed by atoms with Gasteiger partial charge in [-0.25, -0.2) is 0 Å². The Kier molecular flexibility index (Phi) is 10.8. The molecule has 43 heavy (non-hydrogen) atoms. The Labute approximate surface area is 250 Å². The molecule has 5 amide bonds. The Bertz CT molecular complexity index is 1460. The van der Waals surface area contributed by atoms with E-state index in [1.807, 2.05) is 42.5 Å². The first-order valence-electron chi connectivity index (χ1n) is 14.6. The van der Waals surface area contributed by atoms with Gasteiger partial charge in [-0.05, 0) is 60.6 Å². The molecule has 3 atom stereocenters. The molecule has 3 aromatic rings. The first-order chi connectivity index (χ1) is 20.7. The van der Waals surface area contributed by atoms with Crippen molar-refractivity contribution in [3.05, 3.63) is 78.1 Å². The molecule has 1 aromatic heterocycles. The van der Waals surface area contributed by atoms with E-state index in [0.717, 1.165) is 16.3 Å². The highest BCUT2D eigenvalue weighted by atomic mass is 16.2. The van der Waals surface area contributed by atoms with Crippen molar-refractivity contribution in [1.29, 1.82) is 0 Å². The maximum atomic E-state index is 13.6. The first-order valence-corrected chi connectivity index (χ1v) is 14.6. The molecule has 1 saturated heterocycles. The van der Waals surface area contributed by atoms with Crippen LogP contribution < -0.4 is 21.7 Å². The molecule has 2 aromatic carbocycles. The van der Waals surface area contributed by atoms with Crippen molar-refractivity contribution in [3.63, 3.8) is 0 Å². The quantitative estimate of drug-likeness (QED) is 0.223. The lowest BCUT2D eigenvalue weighted by Gasteiger charge is -2.29. The van der Waals surface area contributed by atoms with Crippen molar-refractivity contribution in [2.45, 2.75) is 63.6 Å². The van der Waals surface area contributed by atoms with Crippen molar-refractivity contribution >= 4 is 40.3 Å². The van der Waals surface area contributed by atoms with E-state index in [2.05, 4.69) is 20.9 Å². The van der Waals surface area contributed by atoms with Crippen LogP contribution in [0.5, 0.6) is 0 Å². The summed E-state index contributed by atoms with van der Waals surface area (Å²) in [6, 6.07) is 16.2. The molecule has 11 nitrogen and oxygen atoms in total. The number of likely N-dealkylation sites (tertiary alicyclic amines) is 1. The Hall–Kier alpha value is -4.80. The highest BCUT2D eigenvalue weighted by molar-refractivity contribution is 5.94. The minimum Gasteiger partial charge on any atom is -0.368 e. The van der Waals surface area contributed by atoms with Crippen LogP contribution in [0.25, 0.3) is 10.8 Å². The smallest absolute Gasteiger partial charge is 0.269 e. The topological polar surface area (TPSA) is 164 Å². The summed E-state index contributed by atoms with van der Waals surface area (Å²) in [5, 5.41) is 10.4. The predicted octanol–water partition coefficient (Wildman–Crippen LogP) is 1.84. The average molecular weight is 587 g/mol. The second-order valence-electron chi connectivity index (χ2n) is 10.8. The number of aromatic nitrogens is 1. The normalized spacial score (nSPS) is 15.8. The maximum absolute atomic E-state index is 13.6. The molecular weight excluding hydrogens is 548 g/mol. The predicted molar refractivity (Wildman–Crippen MR) is 162 cm³/mol. The van der Waals surface area contributed by atoms with E-state index in [1.54, 1.807) is 24.4 Å². The van der Waals surface area contributed by atoms with Crippen molar-refractivity contribution in [3.8, 4) is 0 Å². The summed E-state index contributed by atoms with van der Waals surface area (Å²) < 4.78 is 0. The highest BCUT2D eigenvalue weighted by Crippen LogP contribution is 2.20. The number of hydrogen-bond donors (Lipinski definition) is 4. The number of nitrogens with two attached hydrogens (primary N) is 1. The van der Waals surface area contributed by atoms with Crippen molar-refractivity contribution in [1.82, 2.24) is 25.8 Å². The van der Waals surface area contributed by atoms with Gasteiger partial charge in [-0.3, -0.25) is 29.0 Å². The lowest BCUT2D eigenvalue weighted by Crippen LogP contribution is -2.56. The molecule has 0 unspecified atom stereocenters. The van der Waals surface area contributed by atoms with Gasteiger partial charge in [-0.1, -0.05) is 48.5 Å². The third-order valence-electron chi connectivity index (χ3n) is 7.53. The summed E-state index contributed by atoms with van der Waals surface area (Å²) in [5.41, 5.74) is 6.72. The Morgan fingerprint density at radius 2 is 1.72 bits per heavy atom. The molecule has 0 aliphatic carbocycles. The number of benzene rings is 2. The number of nitrogens with zero attached hydrogens (tertiary/aromatic N) is 2. The van der Waals surface area contributed by atoms with Gasteiger partial charge in [0.05, 0.1) is 0 Å². The molecule has 2 heterocycles. The standard InChI is InChI=1S/C32H38N6O5/c1-21(39)36-27(20-22-14-15-23-9-2-3-10-24(23)19-22)31(42)37-26(32(43)38-18-8-13-28(38)29(33)40)12-5-7-17-35-30(41)25-11-4-6-16-34-25/h2-4,6,9-11,14-16,19,26-28H,5,7-8,12-13,17-18,20H2,1H3,(H2,33,40)(H,35,41)(H,36,39)(H,37,42)/t26-,27-,28+/m1/s1. The van der Waals surface area contributed by atoms with Crippen LogP contribution in [-0.2, 0) is 25.6 Å². The van der Waals surface area contributed by atoms with Gasteiger partial charge in [0.2, 0.25) is 23.6 Å². The van der Waals surface area contributed by atoms with E-state index >= 15 is 0 Å². The van der Waals surface area contributed by atoms with E-state index in [9.17, 15) is 24.0 Å². The van der Waals surface area contributed by atoms with E-state index in [1.165, 1.54) is 11.8 Å². The monoisotopic (exact) mass is 586 g/mol. The molecule has 0 bridgehead atoms. The number of nitrogens with one attached hydrogen (secondary N) is 3. The van der Waals surface area contributed by atoms with E-state index in [-0.39, 0.29) is 30.6 Å². The molecule has 1 aliphatic rings. The molecule has 5 N–H and O–H groups in total. The summed E-state index contributed by atoms with van der Waals surface area (Å²) in [5.74, 6) is -2.14. The van der Waals surface area contributed by atoms with E-state index < -0.39 is 29.9 Å². The number of carbonyl (C=O) groups excluding carboxylic acids is 5. The average Bonchev–Trinajstić information content (AvgIpc) is 3.50. The number of pyridine rings is 1. The largest absolute Gasteiger partial charge is 0.368 e. The first kappa shape index (κ1) is 31.1. The summed E-state index contributed by atoms with van der Waals surface area (Å²) >= 11 is 0. The fourth-order valence-electron chi connectivity index (χ4n) is 5.38. The summed E-state index contributed by atoms with van der Waals surface area (Å²) in [7, 11) is 0. The van der Waals surface area contributed by atoms with Gasteiger partial charge in [0.25, 0.3) is 5.91 Å². The summed E-state index contributed by atoms with van der Waals surface area (Å²) in [6.45, 7) is 2.06. The Balaban J connectivity index is 1.44. The van der Waals surface area contributed by atoms with E-state index in [4.69, 9.17) is 5.73 Å². The maximum Gasteiger partial charge on any atom is 0.269 e. The van der Waals surface area contributed by atoms with Crippen LogP contribution in [0.15, 0.2) is 66.9 Å². The van der Waals surface area contributed by atoms with Crippen molar-refractivity contribution < 1.29 is 24.0 Å². The number of amides is 5. The zero-order valence-corrected chi connectivity index (χ0v) is 24.3. The number of primary amides is 1. The molecule has 226 valence electrons. The van der Waals surface area contributed by atoms with Crippen molar-refractivity contribution in [2.75, 3.05) is 13.1 Å². The summed E-state index contributed by atoms with van der Waals surface area (Å²) in [6.07, 6.45) is 4.19. The highest BCUT2D eigenvalue weighted by Gasteiger charge is 2.37. The third kappa shape index (κ3) is 8.60. The molecule has 0 spiro atoms. The molecule has 4 rings (SSSR count). The number of carbonyl (C=O) groups is 5. The Morgan fingerprint density at radius 1 is 0.953 bits per heavy atom. The van der Waals surface area contributed by atoms with Gasteiger partial charge in [-0.2, -0.15) is 0 Å². The minimum absolute atomic E-state index is 0.227. The second-order valence-corrected chi connectivity index (χ2v) is 10.8. The molecule has 1 aliphatic heterocycles. The van der Waals surface area contributed by atoms with Crippen LogP contribution in [-0.4, -0.2) is 70.6 Å². The minimum atomic E-state index is -0.938. The lowest BCUT2D eigenvalue weighted by atomic mass is 10.00. The van der Waals surface area contributed by atoms with Crippen LogP contribution in [0.1, 0.15) is 55.1 Å². The zero-order chi connectivity index (χ0) is 30.8. The van der Waals surface area contributed by atoms with Crippen LogP contribution in [0.3, 0.4) is 0 Å². The SMILES string of the molecule is CC(=O)N[C@H](Cc1ccc2ccccc2c1)C(=O)N[C@H](CCCCNC(=O)c1ccccn1)C(=O)N1CCC[C@H]1C(N)=O. The van der Waals surface area contributed by atoms with E-state index in [0.29, 0.717) is 44.5 Å². The van der Waals surface area contributed by atoms with Crippen LogP contribution >= 0.6 is 0 Å². The third-order valence-corrected chi connectivity index (χ3v) is 7.53. The van der Waals surface area contributed by atoms with Crippen molar-refractivity contribution in [2.24, 2.45) is 5.73 Å². The second kappa shape index (κ2) is 14.9. The fraction of sp³-hybridized carbons (Fsp3) is 0.375. The van der Waals surface area contributed by atoms with Crippen LogP contribution in [0.4, 0.5) is 0 Å². The number of rotatable bonds is 13.